The SMILES string of the molecule is C=C(c1ccc(Cc2ccccc2-c2cc(-c3ccc(C)c(-c4ccccc4C)c3)ccc2C)cc1)C(C)C. The lowest BCUT2D eigenvalue weighted by molar-refractivity contribution is 0.857. The molecule has 0 unspecified atom stereocenters. The summed E-state index contributed by atoms with van der Waals surface area (Å²) in [6.07, 6.45) is 0.899. The van der Waals surface area contributed by atoms with Crippen LogP contribution in [-0.2, 0) is 6.42 Å². The average molecular weight is 507 g/mol. The monoisotopic (exact) mass is 506 g/mol. The lowest BCUT2D eigenvalue weighted by Crippen LogP contribution is -1.96. The van der Waals surface area contributed by atoms with E-state index in [1.54, 1.807) is 0 Å². The molecule has 5 rings (SSSR count). The van der Waals surface area contributed by atoms with Crippen molar-refractivity contribution in [3.05, 3.63) is 149 Å². The van der Waals surface area contributed by atoms with E-state index < -0.39 is 0 Å². The normalized spacial score (nSPS) is 11.1. The van der Waals surface area contributed by atoms with Gasteiger partial charge in [-0.1, -0.05) is 117 Å². The first-order valence-corrected chi connectivity index (χ1v) is 14.0. The highest BCUT2D eigenvalue weighted by Gasteiger charge is 2.12. The first-order valence-electron chi connectivity index (χ1n) is 14.0. The molecule has 5 aromatic carbocycles. The highest BCUT2D eigenvalue weighted by molar-refractivity contribution is 5.81. The van der Waals surface area contributed by atoms with E-state index in [1.807, 2.05) is 0 Å². The molecular formula is C39H38. The van der Waals surface area contributed by atoms with Crippen LogP contribution in [0.4, 0.5) is 0 Å². The largest absolute Gasteiger partial charge is 0.0950 e. The predicted octanol–water partition coefficient (Wildman–Crippen LogP) is 10.9. The second-order valence-corrected chi connectivity index (χ2v) is 11.1. The number of hydrogen-bond acceptors (Lipinski definition) is 0. The molecule has 0 heterocycles. The molecule has 0 heteroatoms. The summed E-state index contributed by atoms with van der Waals surface area (Å²) in [6, 6.07) is 40.2. The molecule has 0 saturated heterocycles. The molecule has 0 saturated carbocycles. The third kappa shape index (κ3) is 5.66. The topological polar surface area (TPSA) is 0 Å². The van der Waals surface area contributed by atoms with Crippen LogP contribution in [0, 0.1) is 26.7 Å². The number of benzene rings is 5. The van der Waals surface area contributed by atoms with Crippen LogP contribution < -0.4 is 0 Å². The Morgan fingerprint density at radius 3 is 1.67 bits per heavy atom. The predicted molar refractivity (Wildman–Crippen MR) is 170 cm³/mol. The van der Waals surface area contributed by atoms with Crippen LogP contribution in [0.5, 0.6) is 0 Å². The number of rotatable bonds is 7. The maximum atomic E-state index is 4.27. The quantitative estimate of drug-likeness (QED) is 0.206. The van der Waals surface area contributed by atoms with Crippen molar-refractivity contribution >= 4 is 5.57 Å². The Kier molecular flexibility index (Phi) is 7.66. The van der Waals surface area contributed by atoms with Gasteiger partial charge < -0.3 is 0 Å². The smallest absolute Gasteiger partial charge is 0.00196 e. The molecule has 0 amide bonds. The summed E-state index contributed by atoms with van der Waals surface area (Å²) in [6.45, 7) is 15.3. The van der Waals surface area contributed by atoms with E-state index >= 15 is 0 Å². The molecule has 194 valence electrons. The molecule has 0 aliphatic heterocycles. The maximum absolute atomic E-state index is 4.27. The molecule has 0 aliphatic rings. The van der Waals surface area contributed by atoms with Crippen molar-refractivity contribution in [1.29, 1.82) is 0 Å². The Bertz CT molecular complexity index is 1630. The third-order valence-corrected chi connectivity index (χ3v) is 7.97. The van der Waals surface area contributed by atoms with Crippen LogP contribution in [-0.4, -0.2) is 0 Å². The molecule has 0 nitrogen and oxygen atoms in total. The van der Waals surface area contributed by atoms with Gasteiger partial charge in [-0.2, -0.15) is 0 Å². The van der Waals surface area contributed by atoms with Gasteiger partial charge in [-0.05, 0) is 118 Å². The van der Waals surface area contributed by atoms with Gasteiger partial charge in [-0.25, -0.2) is 0 Å². The minimum Gasteiger partial charge on any atom is -0.0950 e. The Morgan fingerprint density at radius 2 is 1.08 bits per heavy atom. The van der Waals surface area contributed by atoms with Crippen LogP contribution in [0.15, 0.2) is 116 Å². The fourth-order valence-corrected chi connectivity index (χ4v) is 5.39. The lowest BCUT2D eigenvalue weighted by atomic mass is 9.88. The van der Waals surface area contributed by atoms with Crippen molar-refractivity contribution in [3.8, 4) is 33.4 Å². The summed E-state index contributed by atoms with van der Waals surface area (Å²) in [5.41, 5.74) is 16.7. The second kappa shape index (κ2) is 11.3. The molecule has 0 radical (unpaired) electrons. The van der Waals surface area contributed by atoms with E-state index in [2.05, 4.69) is 150 Å². The zero-order valence-electron chi connectivity index (χ0n) is 23.9. The zero-order chi connectivity index (χ0) is 27.5. The molecule has 0 aromatic heterocycles. The minimum absolute atomic E-state index is 0.452. The maximum Gasteiger partial charge on any atom is -0.00196 e. The molecule has 39 heavy (non-hydrogen) atoms. The van der Waals surface area contributed by atoms with Crippen molar-refractivity contribution in [2.45, 2.75) is 41.0 Å². The Hall–Kier alpha value is -4.16. The standard InChI is InChI=1S/C39H38/c1-26(2)30(6)32-21-17-31(18-22-32)23-35-12-8-10-14-37(35)39-25-34(20-16-29(39)5)33-19-15-28(4)38(24-33)36-13-9-7-11-27(36)3/h7-22,24-26H,6,23H2,1-5H3. The van der Waals surface area contributed by atoms with Gasteiger partial charge >= 0.3 is 0 Å². The Labute approximate surface area is 234 Å². The Morgan fingerprint density at radius 1 is 0.564 bits per heavy atom. The van der Waals surface area contributed by atoms with Crippen molar-refractivity contribution < 1.29 is 0 Å². The molecule has 0 fully saturated rings. The fourth-order valence-electron chi connectivity index (χ4n) is 5.39. The van der Waals surface area contributed by atoms with Crippen LogP contribution in [0.3, 0.4) is 0 Å². The van der Waals surface area contributed by atoms with Crippen LogP contribution >= 0.6 is 0 Å². The summed E-state index contributed by atoms with van der Waals surface area (Å²) >= 11 is 0. The first kappa shape index (κ1) is 26.4. The summed E-state index contributed by atoms with van der Waals surface area (Å²) in [5, 5.41) is 0. The number of aryl methyl sites for hydroxylation is 3. The van der Waals surface area contributed by atoms with Gasteiger partial charge in [-0.15, -0.1) is 0 Å². The van der Waals surface area contributed by atoms with E-state index in [0.29, 0.717) is 5.92 Å². The van der Waals surface area contributed by atoms with E-state index in [-0.39, 0.29) is 0 Å². The van der Waals surface area contributed by atoms with Gasteiger partial charge in [0.15, 0.2) is 0 Å². The van der Waals surface area contributed by atoms with Gasteiger partial charge in [-0.3, -0.25) is 0 Å². The molecular weight excluding hydrogens is 468 g/mol. The van der Waals surface area contributed by atoms with Crippen molar-refractivity contribution in [1.82, 2.24) is 0 Å². The number of allylic oxidation sites excluding steroid dienone is 1. The molecule has 0 N–H and O–H groups in total. The summed E-state index contributed by atoms with van der Waals surface area (Å²) in [4.78, 5) is 0. The van der Waals surface area contributed by atoms with Crippen molar-refractivity contribution in [2.24, 2.45) is 5.92 Å². The van der Waals surface area contributed by atoms with Crippen molar-refractivity contribution in [3.63, 3.8) is 0 Å². The highest BCUT2D eigenvalue weighted by atomic mass is 14.2. The van der Waals surface area contributed by atoms with E-state index in [9.17, 15) is 0 Å². The lowest BCUT2D eigenvalue weighted by Gasteiger charge is -2.16. The summed E-state index contributed by atoms with van der Waals surface area (Å²) in [5.74, 6) is 0.452. The van der Waals surface area contributed by atoms with E-state index in [1.165, 1.54) is 72.3 Å². The second-order valence-electron chi connectivity index (χ2n) is 11.1. The minimum atomic E-state index is 0.452. The van der Waals surface area contributed by atoms with Crippen molar-refractivity contribution in [2.75, 3.05) is 0 Å². The first-order chi connectivity index (χ1) is 18.8. The van der Waals surface area contributed by atoms with Gasteiger partial charge in [0, 0.05) is 0 Å². The average Bonchev–Trinajstić information content (AvgIpc) is 2.94. The molecule has 5 aromatic rings. The summed E-state index contributed by atoms with van der Waals surface area (Å²) in [7, 11) is 0. The van der Waals surface area contributed by atoms with Crippen LogP contribution in [0.2, 0.25) is 0 Å². The van der Waals surface area contributed by atoms with Crippen LogP contribution in [0.25, 0.3) is 39.0 Å². The highest BCUT2D eigenvalue weighted by Crippen LogP contribution is 2.35. The zero-order valence-corrected chi connectivity index (χ0v) is 23.9. The molecule has 0 aliphatic carbocycles. The van der Waals surface area contributed by atoms with Crippen LogP contribution in [0.1, 0.15) is 47.2 Å². The summed E-state index contributed by atoms with van der Waals surface area (Å²) < 4.78 is 0. The Balaban J connectivity index is 1.51. The van der Waals surface area contributed by atoms with Gasteiger partial charge in [0.25, 0.3) is 0 Å². The fraction of sp³-hybridized carbons (Fsp3) is 0.179. The van der Waals surface area contributed by atoms with Gasteiger partial charge in [0.2, 0.25) is 0 Å². The molecule has 0 bridgehead atoms. The van der Waals surface area contributed by atoms with E-state index in [0.717, 1.165) is 6.42 Å². The number of hydrogen-bond donors (Lipinski definition) is 0. The van der Waals surface area contributed by atoms with Gasteiger partial charge in [0.05, 0.1) is 0 Å². The van der Waals surface area contributed by atoms with Gasteiger partial charge in [0.1, 0.15) is 0 Å². The van der Waals surface area contributed by atoms with E-state index in [4.69, 9.17) is 0 Å². The third-order valence-electron chi connectivity index (χ3n) is 7.97. The molecule has 0 atom stereocenters. The molecule has 0 spiro atoms.